The van der Waals surface area contributed by atoms with Gasteiger partial charge in [0.15, 0.2) is 0 Å². The van der Waals surface area contributed by atoms with Crippen LogP contribution in [0.25, 0.3) is 10.7 Å². The van der Waals surface area contributed by atoms with Crippen molar-refractivity contribution >= 4 is 11.3 Å². The average molecular weight is 208 g/mol. The van der Waals surface area contributed by atoms with E-state index in [4.69, 9.17) is 5.11 Å². The predicted molar refractivity (Wildman–Crippen MR) is 57.2 cm³/mol. The zero-order valence-electron chi connectivity index (χ0n) is 8.19. The summed E-state index contributed by atoms with van der Waals surface area (Å²) < 4.78 is 2.01. The Hall–Kier alpha value is -1.13. The summed E-state index contributed by atoms with van der Waals surface area (Å²) in [5, 5.41) is 11.1. The SMILES string of the molecule is Cc1c(CO)nc(-c2cccs2)n1C. The van der Waals surface area contributed by atoms with Crippen molar-refractivity contribution in [3.8, 4) is 10.7 Å². The van der Waals surface area contributed by atoms with Crippen molar-refractivity contribution < 1.29 is 5.11 Å². The summed E-state index contributed by atoms with van der Waals surface area (Å²) in [5.74, 6) is 0.932. The fourth-order valence-corrected chi connectivity index (χ4v) is 2.16. The lowest BCUT2D eigenvalue weighted by molar-refractivity contribution is 0.276. The Labute approximate surface area is 86.7 Å². The summed E-state index contributed by atoms with van der Waals surface area (Å²) >= 11 is 1.66. The molecule has 0 aromatic carbocycles. The molecule has 74 valence electrons. The predicted octanol–water partition coefficient (Wildman–Crippen LogP) is 1.95. The molecule has 0 bridgehead atoms. The lowest BCUT2D eigenvalue weighted by atomic mass is 10.4. The number of hydrogen-bond acceptors (Lipinski definition) is 3. The van der Waals surface area contributed by atoms with Crippen molar-refractivity contribution in [1.29, 1.82) is 0 Å². The molecule has 14 heavy (non-hydrogen) atoms. The highest BCUT2D eigenvalue weighted by atomic mass is 32.1. The molecular weight excluding hydrogens is 196 g/mol. The van der Waals surface area contributed by atoms with Crippen LogP contribution < -0.4 is 0 Å². The zero-order valence-corrected chi connectivity index (χ0v) is 9.01. The summed E-state index contributed by atoms with van der Waals surface area (Å²) in [6.45, 7) is 1.97. The van der Waals surface area contributed by atoms with Crippen LogP contribution in [0.1, 0.15) is 11.4 Å². The van der Waals surface area contributed by atoms with Crippen molar-refractivity contribution in [1.82, 2.24) is 9.55 Å². The van der Waals surface area contributed by atoms with Crippen molar-refractivity contribution in [2.45, 2.75) is 13.5 Å². The van der Waals surface area contributed by atoms with Crippen LogP contribution >= 0.6 is 11.3 Å². The number of aromatic nitrogens is 2. The van der Waals surface area contributed by atoms with E-state index in [-0.39, 0.29) is 6.61 Å². The molecule has 2 aromatic rings. The normalized spacial score (nSPS) is 10.8. The maximum atomic E-state index is 9.08. The maximum absolute atomic E-state index is 9.08. The second-order valence-corrected chi connectivity index (χ2v) is 4.11. The highest BCUT2D eigenvalue weighted by Crippen LogP contribution is 2.25. The highest BCUT2D eigenvalue weighted by molar-refractivity contribution is 7.13. The summed E-state index contributed by atoms with van der Waals surface area (Å²) in [4.78, 5) is 5.53. The van der Waals surface area contributed by atoms with Gasteiger partial charge in [-0.25, -0.2) is 4.98 Å². The van der Waals surface area contributed by atoms with E-state index in [2.05, 4.69) is 4.98 Å². The molecule has 0 fully saturated rings. The molecule has 0 amide bonds. The van der Waals surface area contributed by atoms with Gasteiger partial charge in [0, 0.05) is 12.7 Å². The van der Waals surface area contributed by atoms with Crippen LogP contribution in [-0.4, -0.2) is 14.7 Å². The van der Waals surface area contributed by atoms with Crippen LogP contribution in [-0.2, 0) is 13.7 Å². The molecule has 0 unspecified atom stereocenters. The smallest absolute Gasteiger partial charge is 0.150 e. The molecule has 3 nitrogen and oxygen atoms in total. The first-order valence-electron chi connectivity index (χ1n) is 4.41. The first-order valence-corrected chi connectivity index (χ1v) is 5.29. The molecule has 1 N–H and O–H groups in total. The van der Waals surface area contributed by atoms with E-state index < -0.39 is 0 Å². The van der Waals surface area contributed by atoms with Gasteiger partial charge in [-0.1, -0.05) is 6.07 Å². The van der Waals surface area contributed by atoms with Gasteiger partial charge in [0.05, 0.1) is 17.2 Å². The molecule has 0 aliphatic carbocycles. The van der Waals surface area contributed by atoms with Gasteiger partial charge in [-0.15, -0.1) is 11.3 Å². The van der Waals surface area contributed by atoms with Crippen molar-refractivity contribution in [3.63, 3.8) is 0 Å². The summed E-state index contributed by atoms with van der Waals surface area (Å²) in [7, 11) is 1.97. The number of imidazole rings is 1. The summed E-state index contributed by atoms with van der Waals surface area (Å²) in [5.41, 5.74) is 1.78. The van der Waals surface area contributed by atoms with E-state index in [0.717, 1.165) is 22.1 Å². The molecule has 2 heterocycles. The van der Waals surface area contributed by atoms with Gasteiger partial charge in [0.2, 0.25) is 0 Å². The highest BCUT2D eigenvalue weighted by Gasteiger charge is 2.11. The third kappa shape index (κ3) is 1.36. The molecule has 0 saturated carbocycles. The van der Waals surface area contributed by atoms with Crippen LogP contribution in [0.15, 0.2) is 17.5 Å². The Balaban J connectivity index is 2.55. The molecule has 0 aliphatic rings. The quantitative estimate of drug-likeness (QED) is 0.819. The Morgan fingerprint density at radius 2 is 2.36 bits per heavy atom. The minimum absolute atomic E-state index is 0.00501. The fraction of sp³-hybridized carbons (Fsp3) is 0.300. The van der Waals surface area contributed by atoms with Crippen molar-refractivity contribution in [2.75, 3.05) is 0 Å². The molecule has 4 heteroatoms. The largest absolute Gasteiger partial charge is 0.390 e. The van der Waals surface area contributed by atoms with Crippen LogP contribution in [0.5, 0.6) is 0 Å². The lowest BCUT2D eigenvalue weighted by Crippen LogP contribution is -1.94. The Morgan fingerprint density at radius 3 is 2.86 bits per heavy atom. The lowest BCUT2D eigenvalue weighted by Gasteiger charge is -1.99. The third-order valence-corrected chi connectivity index (χ3v) is 3.24. The first kappa shape index (κ1) is 9.43. The molecule has 0 saturated heterocycles. The molecule has 0 aliphatic heterocycles. The fourth-order valence-electron chi connectivity index (χ4n) is 1.41. The number of thiophene rings is 1. The molecule has 0 radical (unpaired) electrons. The second-order valence-electron chi connectivity index (χ2n) is 3.16. The van der Waals surface area contributed by atoms with E-state index in [9.17, 15) is 0 Å². The van der Waals surface area contributed by atoms with Crippen LogP contribution in [0, 0.1) is 6.92 Å². The maximum Gasteiger partial charge on any atom is 0.150 e. The van der Waals surface area contributed by atoms with Crippen molar-refractivity contribution in [3.05, 3.63) is 28.9 Å². The average Bonchev–Trinajstić information content (AvgIpc) is 2.78. The van der Waals surface area contributed by atoms with Gasteiger partial charge in [0.25, 0.3) is 0 Å². The van der Waals surface area contributed by atoms with Gasteiger partial charge in [-0.3, -0.25) is 0 Å². The topological polar surface area (TPSA) is 38.1 Å². The van der Waals surface area contributed by atoms with E-state index in [1.165, 1.54) is 0 Å². The minimum atomic E-state index is 0.00501. The number of rotatable bonds is 2. The van der Waals surface area contributed by atoms with Crippen molar-refractivity contribution in [2.24, 2.45) is 7.05 Å². The molecule has 0 atom stereocenters. The monoisotopic (exact) mass is 208 g/mol. The number of nitrogens with zero attached hydrogens (tertiary/aromatic N) is 2. The number of aliphatic hydroxyl groups excluding tert-OH is 1. The molecule has 2 rings (SSSR count). The molecular formula is C10H12N2OS. The molecule has 0 spiro atoms. The van der Waals surface area contributed by atoms with Gasteiger partial charge in [0.1, 0.15) is 5.82 Å². The van der Waals surface area contributed by atoms with Gasteiger partial charge >= 0.3 is 0 Å². The van der Waals surface area contributed by atoms with Gasteiger partial charge in [-0.2, -0.15) is 0 Å². The van der Waals surface area contributed by atoms with Crippen LogP contribution in [0.2, 0.25) is 0 Å². The van der Waals surface area contributed by atoms with E-state index >= 15 is 0 Å². The van der Waals surface area contributed by atoms with E-state index in [1.807, 2.05) is 36.1 Å². The zero-order chi connectivity index (χ0) is 10.1. The second kappa shape index (κ2) is 3.55. The van der Waals surface area contributed by atoms with E-state index in [1.54, 1.807) is 11.3 Å². The molecule has 2 aromatic heterocycles. The summed E-state index contributed by atoms with van der Waals surface area (Å²) in [6.07, 6.45) is 0. The van der Waals surface area contributed by atoms with E-state index in [0.29, 0.717) is 0 Å². The Morgan fingerprint density at radius 1 is 1.57 bits per heavy atom. The number of aliphatic hydroxyl groups is 1. The van der Waals surface area contributed by atoms with Gasteiger partial charge < -0.3 is 9.67 Å². The first-order chi connectivity index (χ1) is 6.74. The third-order valence-electron chi connectivity index (χ3n) is 2.37. The van der Waals surface area contributed by atoms with Crippen LogP contribution in [0.4, 0.5) is 0 Å². The standard InChI is InChI=1S/C10H12N2OS/c1-7-8(6-13)11-10(12(7)2)9-4-3-5-14-9/h3-5,13H,6H2,1-2H3. The Kier molecular flexibility index (Phi) is 2.39. The number of hydrogen-bond donors (Lipinski definition) is 1. The van der Waals surface area contributed by atoms with Crippen LogP contribution in [0.3, 0.4) is 0 Å². The van der Waals surface area contributed by atoms with Gasteiger partial charge in [-0.05, 0) is 18.4 Å². The Bertz CT molecular complexity index is 431. The summed E-state index contributed by atoms with van der Waals surface area (Å²) in [6, 6.07) is 4.04. The minimum Gasteiger partial charge on any atom is -0.390 e.